The van der Waals surface area contributed by atoms with Crippen molar-refractivity contribution >= 4 is 5.90 Å². The fourth-order valence-corrected chi connectivity index (χ4v) is 1.58. The second-order valence-electron chi connectivity index (χ2n) is 3.46. The Morgan fingerprint density at radius 3 is 2.93 bits per heavy atom. The van der Waals surface area contributed by atoms with Crippen LogP contribution in [0.2, 0.25) is 0 Å². The van der Waals surface area contributed by atoms with Gasteiger partial charge in [0.15, 0.2) is 0 Å². The Bertz CT molecular complexity index is 411. The largest absolute Gasteiger partial charge is 0.469 e. The zero-order valence-corrected chi connectivity index (χ0v) is 8.73. The molecular formula is C13H13NO. The standard InChI is InChI=1S/C13H13NO/c1-2-6-13-14-12(10-15-13)9-11-7-4-3-5-8-11/h3-5,7-8,12H,9-10H2,1H3/t12-/m0/s1. The Hall–Kier alpha value is -1.75. The van der Waals surface area contributed by atoms with E-state index in [0.29, 0.717) is 12.5 Å². The summed E-state index contributed by atoms with van der Waals surface area (Å²) in [6, 6.07) is 10.6. The number of benzene rings is 1. The highest BCUT2D eigenvalue weighted by Gasteiger charge is 2.17. The van der Waals surface area contributed by atoms with E-state index in [0.717, 1.165) is 6.42 Å². The van der Waals surface area contributed by atoms with Crippen molar-refractivity contribution in [3.05, 3.63) is 35.9 Å². The summed E-state index contributed by atoms with van der Waals surface area (Å²) >= 11 is 0. The van der Waals surface area contributed by atoms with Crippen LogP contribution in [0.3, 0.4) is 0 Å². The monoisotopic (exact) mass is 199 g/mol. The highest BCUT2D eigenvalue weighted by molar-refractivity contribution is 5.94. The number of aliphatic imine (C=N–C) groups is 1. The SMILES string of the molecule is CC#CC1=N[C@@H](Cc2ccccc2)CO1. The summed E-state index contributed by atoms with van der Waals surface area (Å²) in [6.45, 7) is 2.44. The molecule has 0 fully saturated rings. The van der Waals surface area contributed by atoms with Gasteiger partial charge >= 0.3 is 0 Å². The lowest BCUT2D eigenvalue weighted by Crippen LogP contribution is -2.09. The summed E-state index contributed by atoms with van der Waals surface area (Å²) in [5.74, 6) is 6.21. The zero-order chi connectivity index (χ0) is 10.5. The van der Waals surface area contributed by atoms with Crippen LogP contribution in [0, 0.1) is 11.8 Å². The van der Waals surface area contributed by atoms with Gasteiger partial charge in [-0.25, -0.2) is 4.99 Å². The van der Waals surface area contributed by atoms with Gasteiger partial charge in [0.05, 0.1) is 6.04 Å². The molecule has 0 aromatic heterocycles. The Labute approximate surface area is 90.0 Å². The van der Waals surface area contributed by atoms with Gasteiger partial charge in [-0.05, 0) is 24.8 Å². The molecule has 0 unspecified atom stereocenters. The molecule has 0 N–H and O–H groups in total. The molecule has 1 heterocycles. The van der Waals surface area contributed by atoms with Crippen molar-refractivity contribution in [3.63, 3.8) is 0 Å². The molecule has 2 heteroatoms. The lowest BCUT2D eigenvalue weighted by atomic mass is 10.1. The van der Waals surface area contributed by atoms with Crippen LogP contribution in [0.1, 0.15) is 12.5 Å². The zero-order valence-electron chi connectivity index (χ0n) is 8.73. The minimum atomic E-state index is 0.225. The second kappa shape index (κ2) is 4.65. The van der Waals surface area contributed by atoms with Gasteiger partial charge in [0.25, 0.3) is 5.90 Å². The fraction of sp³-hybridized carbons (Fsp3) is 0.308. The molecule has 76 valence electrons. The third-order valence-electron chi connectivity index (χ3n) is 2.26. The molecule has 2 nitrogen and oxygen atoms in total. The van der Waals surface area contributed by atoms with E-state index < -0.39 is 0 Å². The molecule has 0 bridgehead atoms. The van der Waals surface area contributed by atoms with E-state index in [9.17, 15) is 0 Å². The average Bonchev–Trinajstić information content (AvgIpc) is 2.68. The first-order valence-electron chi connectivity index (χ1n) is 5.06. The number of ether oxygens (including phenoxy) is 1. The van der Waals surface area contributed by atoms with Gasteiger partial charge < -0.3 is 4.74 Å². The summed E-state index contributed by atoms with van der Waals surface area (Å²) < 4.78 is 5.35. The van der Waals surface area contributed by atoms with Crippen molar-refractivity contribution in [2.24, 2.45) is 4.99 Å². The summed E-state index contributed by atoms with van der Waals surface area (Å²) in [7, 11) is 0. The topological polar surface area (TPSA) is 21.6 Å². The van der Waals surface area contributed by atoms with Gasteiger partial charge in [-0.1, -0.05) is 36.3 Å². The highest BCUT2D eigenvalue weighted by Crippen LogP contribution is 2.11. The van der Waals surface area contributed by atoms with Crippen molar-refractivity contribution in [1.29, 1.82) is 0 Å². The van der Waals surface area contributed by atoms with E-state index in [-0.39, 0.29) is 6.04 Å². The van der Waals surface area contributed by atoms with Crippen molar-refractivity contribution < 1.29 is 4.74 Å². The van der Waals surface area contributed by atoms with Crippen LogP contribution in [0.15, 0.2) is 35.3 Å². The molecule has 1 aromatic rings. The lowest BCUT2D eigenvalue weighted by Gasteiger charge is -2.03. The maximum absolute atomic E-state index is 5.35. The molecule has 0 aliphatic carbocycles. The minimum Gasteiger partial charge on any atom is -0.469 e. The van der Waals surface area contributed by atoms with E-state index in [2.05, 4.69) is 29.0 Å². The predicted octanol–water partition coefficient (Wildman–Crippen LogP) is 2.05. The summed E-state index contributed by atoms with van der Waals surface area (Å²) in [5.41, 5.74) is 1.29. The van der Waals surface area contributed by atoms with Gasteiger partial charge in [0.2, 0.25) is 0 Å². The molecule has 2 rings (SSSR count). The normalized spacial score (nSPS) is 18.7. The third-order valence-corrected chi connectivity index (χ3v) is 2.26. The van der Waals surface area contributed by atoms with Gasteiger partial charge in [0.1, 0.15) is 6.61 Å². The first-order chi connectivity index (χ1) is 7.38. The van der Waals surface area contributed by atoms with Crippen LogP contribution < -0.4 is 0 Å². The molecule has 0 saturated heterocycles. The van der Waals surface area contributed by atoms with Crippen molar-refractivity contribution in [1.82, 2.24) is 0 Å². The van der Waals surface area contributed by atoms with E-state index in [1.807, 2.05) is 18.2 Å². The Morgan fingerprint density at radius 1 is 1.40 bits per heavy atom. The van der Waals surface area contributed by atoms with Crippen LogP contribution in [0.4, 0.5) is 0 Å². The molecule has 15 heavy (non-hydrogen) atoms. The first kappa shape index (κ1) is 9.79. The van der Waals surface area contributed by atoms with Crippen molar-refractivity contribution in [2.45, 2.75) is 19.4 Å². The third kappa shape index (κ3) is 2.60. The molecular weight excluding hydrogens is 186 g/mol. The highest BCUT2D eigenvalue weighted by atomic mass is 16.5. The quantitative estimate of drug-likeness (QED) is 0.668. The van der Waals surface area contributed by atoms with Crippen molar-refractivity contribution in [3.8, 4) is 11.8 Å². The predicted molar refractivity (Wildman–Crippen MR) is 60.8 cm³/mol. The van der Waals surface area contributed by atoms with Gasteiger partial charge in [0, 0.05) is 0 Å². The lowest BCUT2D eigenvalue weighted by molar-refractivity contribution is 0.319. The van der Waals surface area contributed by atoms with Gasteiger partial charge in [-0.2, -0.15) is 0 Å². The van der Waals surface area contributed by atoms with Crippen LogP contribution in [-0.4, -0.2) is 18.5 Å². The summed E-state index contributed by atoms with van der Waals surface area (Å²) in [5, 5.41) is 0. The summed E-state index contributed by atoms with van der Waals surface area (Å²) in [6.07, 6.45) is 0.926. The Morgan fingerprint density at radius 2 is 2.20 bits per heavy atom. The summed E-state index contributed by atoms with van der Waals surface area (Å²) in [4.78, 5) is 4.39. The van der Waals surface area contributed by atoms with E-state index in [1.54, 1.807) is 6.92 Å². The van der Waals surface area contributed by atoms with Crippen LogP contribution >= 0.6 is 0 Å². The number of nitrogens with zero attached hydrogens (tertiary/aromatic N) is 1. The molecule has 0 amide bonds. The smallest absolute Gasteiger partial charge is 0.263 e. The van der Waals surface area contributed by atoms with Gasteiger partial charge in [-0.3, -0.25) is 0 Å². The average molecular weight is 199 g/mol. The molecule has 0 radical (unpaired) electrons. The van der Waals surface area contributed by atoms with Crippen LogP contribution in [0.5, 0.6) is 0 Å². The minimum absolute atomic E-state index is 0.225. The maximum Gasteiger partial charge on any atom is 0.263 e. The molecule has 1 atom stereocenters. The Kier molecular flexibility index (Phi) is 3.04. The molecule has 1 aromatic carbocycles. The Balaban J connectivity index is 2.00. The maximum atomic E-state index is 5.35. The molecule has 1 aliphatic rings. The van der Waals surface area contributed by atoms with E-state index in [4.69, 9.17) is 4.74 Å². The second-order valence-corrected chi connectivity index (χ2v) is 3.46. The number of hydrogen-bond donors (Lipinski definition) is 0. The number of rotatable bonds is 2. The molecule has 0 spiro atoms. The first-order valence-corrected chi connectivity index (χ1v) is 5.06. The van der Waals surface area contributed by atoms with Crippen LogP contribution in [-0.2, 0) is 11.2 Å². The molecule has 1 aliphatic heterocycles. The van der Waals surface area contributed by atoms with Crippen molar-refractivity contribution in [2.75, 3.05) is 6.61 Å². The number of hydrogen-bond acceptors (Lipinski definition) is 2. The van der Waals surface area contributed by atoms with Crippen LogP contribution in [0.25, 0.3) is 0 Å². The van der Waals surface area contributed by atoms with E-state index in [1.165, 1.54) is 5.56 Å². The molecule has 0 saturated carbocycles. The van der Waals surface area contributed by atoms with Gasteiger partial charge in [-0.15, -0.1) is 0 Å². The fourth-order valence-electron chi connectivity index (χ4n) is 1.58. The van der Waals surface area contributed by atoms with E-state index >= 15 is 0 Å².